The number of aryl methyl sites for hydroxylation is 1. The Kier molecular flexibility index (Phi) is 4.62. The van der Waals surface area contributed by atoms with Crippen molar-refractivity contribution in [1.82, 2.24) is 14.9 Å². The number of piperazine rings is 1. The van der Waals surface area contributed by atoms with Gasteiger partial charge in [-0.15, -0.1) is 0 Å². The van der Waals surface area contributed by atoms with Crippen LogP contribution in [-0.4, -0.2) is 47.0 Å². The third-order valence-corrected chi connectivity index (χ3v) is 4.82. The van der Waals surface area contributed by atoms with E-state index in [4.69, 9.17) is 10.2 Å². The first-order chi connectivity index (χ1) is 13.1. The second-order valence-corrected chi connectivity index (χ2v) is 6.49. The van der Waals surface area contributed by atoms with Crippen molar-refractivity contribution in [2.75, 3.05) is 31.1 Å². The molecule has 0 amide bonds. The summed E-state index contributed by atoms with van der Waals surface area (Å²) in [6.07, 6.45) is 3.48. The molecule has 4 rings (SSSR count). The Bertz CT molecular complexity index is 963. The van der Waals surface area contributed by atoms with Gasteiger partial charge < -0.3 is 20.0 Å². The molecule has 2 aromatic heterocycles. The minimum atomic E-state index is -0.277. The number of aliphatic imine (C=N–C) groups is 1. The number of anilines is 1. The molecule has 1 aliphatic heterocycles. The van der Waals surface area contributed by atoms with Crippen LogP contribution in [-0.2, 0) is 6.54 Å². The van der Waals surface area contributed by atoms with E-state index in [9.17, 15) is 4.39 Å². The molecule has 3 aromatic rings. The molecule has 1 fully saturated rings. The average molecular weight is 368 g/mol. The van der Waals surface area contributed by atoms with Gasteiger partial charge in [0.25, 0.3) is 0 Å². The number of hydrogen-bond donors (Lipinski definition) is 1. The summed E-state index contributed by atoms with van der Waals surface area (Å²) in [4.78, 5) is 17.2. The molecule has 7 nitrogen and oxygen atoms in total. The molecule has 0 atom stereocenters. The van der Waals surface area contributed by atoms with Crippen molar-refractivity contribution in [3.05, 3.63) is 53.8 Å². The summed E-state index contributed by atoms with van der Waals surface area (Å²) in [6, 6.07) is 6.32. The van der Waals surface area contributed by atoms with Crippen LogP contribution in [0.25, 0.3) is 11.0 Å². The summed E-state index contributed by atoms with van der Waals surface area (Å²) in [5, 5.41) is 0.773. The molecule has 2 N–H and O–H groups in total. The zero-order valence-corrected chi connectivity index (χ0v) is 15.1. The molecular formula is C19H21FN6O. The minimum absolute atomic E-state index is 0.277. The summed E-state index contributed by atoms with van der Waals surface area (Å²) >= 11 is 0. The van der Waals surface area contributed by atoms with Gasteiger partial charge in [-0.1, -0.05) is 0 Å². The number of rotatable bonds is 3. The fourth-order valence-electron chi connectivity index (χ4n) is 3.24. The van der Waals surface area contributed by atoms with E-state index >= 15 is 0 Å². The van der Waals surface area contributed by atoms with Gasteiger partial charge >= 0.3 is 0 Å². The van der Waals surface area contributed by atoms with Crippen molar-refractivity contribution in [1.29, 1.82) is 0 Å². The maximum absolute atomic E-state index is 13.4. The highest BCUT2D eigenvalue weighted by atomic mass is 19.1. The topological polar surface area (TPSA) is 83.8 Å². The van der Waals surface area contributed by atoms with Crippen LogP contribution >= 0.6 is 0 Å². The summed E-state index contributed by atoms with van der Waals surface area (Å²) < 4.78 is 19.2. The summed E-state index contributed by atoms with van der Waals surface area (Å²) in [5.41, 5.74) is 7.73. The van der Waals surface area contributed by atoms with Crippen molar-refractivity contribution >= 4 is 22.9 Å². The highest BCUT2D eigenvalue weighted by Gasteiger charge is 2.20. The van der Waals surface area contributed by atoms with Crippen molar-refractivity contribution in [3.8, 4) is 0 Å². The van der Waals surface area contributed by atoms with E-state index in [0.29, 0.717) is 23.8 Å². The lowest BCUT2D eigenvalue weighted by molar-refractivity contribution is 0.377. The predicted molar refractivity (Wildman–Crippen MR) is 102 cm³/mol. The molecule has 0 aliphatic carbocycles. The molecule has 0 bridgehead atoms. The Balaban J connectivity index is 1.41. The first kappa shape index (κ1) is 17.3. The van der Waals surface area contributed by atoms with Gasteiger partial charge in [0, 0.05) is 49.5 Å². The van der Waals surface area contributed by atoms with Crippen molar-refractivity contribution in [2.24, 2.45) is 10.7 Å². The van der Waals surface area contributed by atoms with Gasteiger partial charge in [-0.05, 0) is 31.2 Å². The van der Waals surface area contributed by atoms with Crippen LogP contribution < -0.4 is 10.6 Å². The van der Waals surface area contributed by atoms with E-state index < -0.39 is 0 Å². The molecular weight excluding hydrogens is 347 g/mol. The second kappa shape index (κ2) is 7.22. The van der Waals surface area contributed by atoms with E-state index in [1.807, 2.05) is 11.8 Å². The van der Waals surface area contributed by atoms with Crippen LogP contribution in [0, 0.1) is 12.7 Å². The summed E-state index contributed by atoms with van der Waals surface area (Å²) in [5.74, 6) is 1.64. The number of nitrogens with two attached hydrogens (primary N) is 1. The summed E-state index contributed by atoms with van der Waals surface area (Å²) in [7, 11) is 0. The lowest BCUT2D eigenvalue weighted by Crippen LogP contribution is -2.51. The van der Waals surface area contributed by atoms with E-state index in [1.165, 1.54) is 12.1 Å². The van der Waals surface area contributed by atoms with E-state index in [1.54, 1.807) is 24.5 Å². The number of aromatic nitrogens is 2. The van der Waals surface area contributed by atoms with Crippen LogP contribution in [0.2, 0.25) is 0 Å². The Morgan fingerprint density at radius 1 is 1.22 bits per heavy atom. The average Bonchev–Trinajstić information content (AvgIpc) is 3.02. The van der Waals surface area contributed by atoms with Crippen molar-refractivity contribution in [2.45, 2.75) is 13.5 Å². The monoisotopic (exact) mass is 368 g/mol. The number of guanidine groups is 1. The number of furan rings is 1. The Morgan fingerprint density at radius 2 is 1.96 bits per heavy atom. The van der Waals surface area contributed by atoms with Crippen molar-refractivity contribution < 1.29 is 8.81 Å². The van der Waals surface area contributed by atoms with Crippen LogP contribution in [0.4, 0.5) is 10.3 Å². The third kappa shape index (κ3) is 3.55. The molecule has 1 aliphatic rings. The highest BCUT2D eigenvalue weighted by Crippen LogP contribution is 2.26. The molecule has 0 radical (unpaired) electrons. The standard InChI is InChI=1S/C19H21FN6O/c1-13-15-11-14(20)3-4-16(15)27-17(13)12-24-18(21)25-7-9-26(10-8-25)19-22-5-2-6-23-19/h2-6,11H,7-10,12H2,1H3,(H2,21,24). The molecule has 1 aromatic carbocycles. The van der Waals surface area contributed by atoms with Crippen LogP contribution in [0.3, 0.4) is 0 Å². The number of halogens is 1. The van der Waals surface area contributed by atoms with Crippen molar-refractivity contribution in [3.63, 3.8) is 0 Å². The second-order valence-electron chi connectivity index (χ2n) is 6.49. The molecule has 0 spiro atoms. The van der Waals surface area contributed by atoms with Gasteiger partial charge in [0.2, 0.25) is 5.95 Å². The lowest BCUT2D eigenvalue weighted by Gasteiger charge is -2.35. The fourth-order valence-corrected chi connectivity index (χ4v) is 3.24. The first-order valence-electron chi connectivity index (χ1n) is 8.86. The number of benzene rings is 1. The minimum Gasteiger partial charge on any atom is -0.459 e. The highest BCUT2D eigenvalue weighted by molar-refractivity contribution is 5.82. The molecule has 3 heterocycles. The fraction of sp³-hybridized carbons (Fsp3) is 0.316. The van der Waals surface area contributed by atoms with Gasteiger partial charge in [-0.25, -0.2) is 19.4 Å². The van der Waals surface area contributed by atoms with E-state index in [2.05, 4.69) is 19.9 Å². The van der Waals surface area contributed by atoms with E-state index in [-0.39, 0.29) is 5.82 Å². The maximum atomic E-state index is 13.4. The van der Waals surface area contributed by atoms with Crippen LogP contribution in [0.15, 0.2) is 46.1 Å². The largest absolute Gasteiger partial charge is 0.459 e. The molecule has 140 valence electrons. The van der Waals surface area contributed by atoms with E-state index in [0.717, 1.165) is 43.1 Å². The molecule has 0 unspecified atom stereocenters. The smallest absolute Gasteiger partial charge is 0.225 e. The molecule has 27 heavy (non-hydrogen) atoms. The SMILES string of the molecule is Cc1c(CN=C(N)N2CCN(c3ncccn3)CC2)oc2ccc(F)cc12. The molecule has 0 saturated carbocycles. The maximum Gasteiger partial charge on any atom is 0.225 e. The zero-order valence-electron chi connectivity index (χ0n) is 15.1. The van der Waals surface area contributed by atoms with Crippen LogP contribution in [0.1, 0.15) is 11.3 Å². The first-order valence-corrected chi connectivity index (χ1v) is 8.86. The Labute approximate surface area is 156 Å². The van der Waals surface area contributed by atoms with Gasteiger partial charge in [-0.2, -0.15) is 0 Å². The zero-order chi connectivity index (χ0) is 18.8. The number of hydrogen-bond acceptors (Lipinski definition) is 5. The summed E-state index contributed by atoms with van der Waals surface area (Å²) in [6.45, 7) is 5.29. The predicted octanol–water partition coefficient (Wildman–Crippen LogP) is 2.31. The van der Waals surface area contributed by atoms with Gasteiger partial charge in [0.15, 0.2) is 5.96 Å². The van der Waals surface area contributed by atoms with Gasteiger partial charge in [-0.3, -0.25) is 0 Å². The quantitative estimate of drug-likeness (QED) is 0.564. The Morgan fingerprint density at radius 3 is 2.70 bits per heavy atom. The molecule has 8 heteroatoms. The third-order valence-electron chi connectivity index (χ3n) is 4.82. The lowest BCUT2D eigenvalue weighted by atomic mass is 10.1. The van der Waals surface area contributed by atoms with Crippen LogP contribution in [0.5, 0.6) is 0 Å². The van der Waals surface area contributed by atoms with Gasteiger partial charge in [0.1, 0.15) is 23.7 Å². The normalized spacial score (nSPS) is 15.6. The van der Waals surface area contributed by atoms with Gasteiger partial charge in [0.05, 0.1) is 0 Å². The Hall–Kier alpha value is -3.16. The number of fused-ring (bicyclic) bond motifs is 1. The number of nitrogens with zero attached hydrogens (tertiary/aromatic N) is 5. The molecule has 1 saturated heterocycles.